The number of guanidine groups is 1. The van der Waals surface area contributed by atoms with Crippen molar-refractivity contribution in [1.29, 1.82) is 0 Å². The van der Waals surface area contributed by atoms with E-state index < -0.39 is 11.9 Å². The molecule has 0 saturated carbocycles. The molecule has 1 aliphatic heterocycles. The van der Waals surface area contributed by atoms with E-state index in [2.05, 4.69) is 25.9 Å². The van der Waals surface area contributed by atoms with Gasteiger partial charge in [0.2, 0.25) is 5.91 Å². The Morgan fingerprint density at radius 2 is 2.03 bits per heavy atom. The van der Waals surface area contributed by atoms with E-state index in [-0.39, 0.29) is 36.4 Å². The molecule has 0 bridgehead atoms. The van der Waals surface area contributed by atoms with Gasteiger partial charge in [0.15, 0.2) is 11.7 Å². The molecule has 1 aromatic carbocycles. The molecule has 7 nitrogen and oxygen atoms in total. The number of carbonyl (C=O) groups excluding carboxylic acids is 1. The van der Waals surface area contributed by atoms with E-state index in [4.69, 9.17) is 0 Å². The fourth-order valence-corrected chi connectivity index (χ4v) is 3.61. The number of anilines is 1. The zero-order valence-corrected chi connectivity index (χ0v) is 20.0. The lowest BCUT2D eigenvalue weighted by Gasteiger charge is -2.28. The average Bonchev–Trinajstić information content (AvgIpc) is 3.20. The lowest BCUT2D eigenvalue weighted by molar-refractivity contribution is -0.140. The number of piperazine rings is 1. The normalized spacial score (nSPS) is 14.6. The second-order valence-corrected chi connectivity index (χ2v) is 7.55. The highest BCUT2D eigenvalue weighted by molar-refractivity contribution is 14.0. The minimum Gasteiger partial charge on any atom is -0.360 e. The topological polar surface area (TPSA) is 81.7 Å². The van der Waals surface area contributed by atoms with E-state index in [0.29, 0.717) is 37.1 Å². The first-order valence-electron chi connectivity index (χ1n) is 9.49. The molecule has 2 aromatic rings. The van der Waals surface area contributed by atoms with Gasteiger partial charge in [0, 0.05) is 30.7 Å². The number of nitrogens with zero attached hydrogens (tertiary/aromatic N) is 3. The van der Waals surface area contributed by atoms with Crippen LogP contribution in [0.4, 0.5) is 18.9 Å². The van der Waals surface area contributed by atoms with Crippen LogP contribution in [0.2, 0.25) is 0 Å². The minimum atomic E-state index is -4.43. The van der Waals surface area contributed by atoms with E-state index >= 15 is 0 Å². The molecule has 1 aliphatic rings. The first-order chi connectivity index (χ1) is 14.3. The fourth-order valence-electron chi connectivity index (χ4n) is 2.86. The number of aliphatic imine (C=N–C) groups is 1. The van der Waals surface area contributed by atoms with Gasteiger partial charge in [0.05, 0.1) is 19.6 Å². The van der Waals surface area contributed by atoms with Crippen molar-refractivity contribution >= 4 is 52.9 Å². The fraction of sp³-hybridized carbons (Fsp3) is 0.421. The van der Waals surface area contributed by atoms with Crippen LogP contribution in [0.15, 0.2) is 34.6 Å². The molecule has 0 atom stereocenters. The Hall–Kier alpha value is -2.09. The Morgan fingerprint density at radius 1 is 1.29 bits per heavy atom. The van der Waals surface area contributed by atoms with Crippen molar-refractivity contribution in [3.63, 3.8) is 0 Å². The number of rotatable bonds is 6. The Morgan fingerprint density at radius 3 is 2.65 bits per heavy atom. The minimum absolute atomic E-state index is 0. The highest BCUT2D eigenvalue weighted by atomic mass is 127. The molecular weight excluding hydrogens is 544 g/mol. The Balaban J connectivity index is 0.00000341. The van der Waals surface area contributed by atoms with Gasteiger partial charge in [-0.05, 0) is 24.6 Å². The third-order valence-electron chi connectivity index (χ3n) is 4.35. The van der Waals surface area contributed by atoms with Crippen LogP contribution in [-0.2, 0) is 24.1 Å². The van der Waals surface area contributed by atoms with Gasteiger partial charge in [-0.15, -0.1) is 35.3 Å². The smallest absolute Gasteiger partial charge is 0.360 e. The molecule has 1 aromatic heterocycles. The largest absolute Gasteiger partial charge is 0.434 e. The lowest BCUT2D eigenvalue weighted by atomic mass is 10.2. The van der Waals surface area contributed by atoms with Crippen molar-refractivity contribution in [2.45, 2.75) is 26.2 Å². The third-order valence-corrected chi connectivity index (χ3v) is 5.20. The predicted octanol–water partition coefficient (Wildman–Crippen LogP) is 2.97. The molecule has 0 unspecified atom stereocenters. The number of benzene rings is 1. The molecule has 2 heterocycles. The van der Waals surface area contributed by atoms with Gasteiger partial charge in [-0.25, -0.2) is 9.98 Å². The summed E-state index contributed by atoms with van der Waals surface area (Å²) >= 11 is 0.957. The number of thiazole rings is 1. The monoisotopic (exact) mass is 568 g/mol. The van der Waals surface area contributed by atoms with Crippen LogP contribution < -0.4 is 20.9 Å². The summed E-state index contributed by atoms with van der Waals surface area (Å²) in [6, 6.07) is 7.81. The van der Waals surface area contributed by atoms with Crippen LogP contribution in [0, 0.1) is 0 Å². The number of aromatic nitrogens is 1. The van der Waals surface area contributed by atoms with Gasteiger partial charge in [-0.3, -0.25) is 4.79 Å². The lowest BCUT2D eigenvalue weighted by Crippen LogP contribution is -2.47. The first-order valence-corrected chi connectivity index (χ1v) is 10.4. The van der Waals surface area contributed by atoms with Crippen LogP contribution in [0.1, 0.15) is 23.2 Å². The molecular formula is C19H24F3IN6OS. The maximum Gasteiger partial charge on any atom is 0.434 e. The van der Waals surface area contributed by atoms with Crippen LogP contribution in [0.25, 0.3) is 0 Å². The molecule has 0 aliphatic carbocycles. The highest BCUT2D eigenvalue weighted by Gasteiger charge is 2.33. The van der Waals surface area contributed by atoms with Gasteiger partial charge >= 0.3 is 6.18 Å². The summed E-state index contributed by atoms with van der Waals surface area (Å²) in [4.78, 5) is 21.6. The van der Waals surface area contributed by atoms with Crippen molar-refractivity contribution in [3.8, 4) is 0 Å². The summed E-state index contributed by atoms with van der Waals surface area (Å²) in [6.45, 7) is 4.83. The van der Waals surface area contributed by atoms with Crippen molar-refractivity contribution in [3.05, 3.63) is 45.9 Å². The van der Waals surface area contributed by atoms with Gasteiger partial charge in [0.25, 0.3) is 0 Å². The van der Waals surface area contributed by atoms with Gasteiger partial charge in [-0.1, -0.05) is 12.1 Å². The third kappa shape index (κ3) is 7.52. The standard InChI is InChI=1S/C19H23F3N6OS.HI/c1-2-23-18(26-10-17-27-15(12-30-17)19(20,21)22)25-9-13-3-5-14(6-4-13)28-8-7-24-16(29)11-28;/h3-6,12H,2,7-11H2,1H3,(H,24,29)(H2,23,25,26);1H. The van der Waals surface area contributed by atoms with Crippen molar-refractivity contribution in [2.75, 3.05) is 31.1 Å². The van der Waals surface area contributed by atoms with E-state index in [1.807, 2.05) is 36.1 Å². The second kappa shape index (κ2) is 11.5. The Kier molecular flexibility index (Phi) is 9.34. The van der Waals surface area contributed by atoms with Crippen LogP contribution >= 0.6 is 35.3 Å². The maximum absolute atomic E-state index is 12.7. The number of nitrogens with one attached hydrogen (secondary N) is 3. The molecule has 0 spiro atoms. The predicted molar refractivity (Wildman–Crippen MR) is 126 cm³/mol. The average molecular weight is 568 g/mol. The number of hydrogen-bond donors (Lipinski definition) is 3. The SMILES string of the molecule is CCNC(=NCc1ccc(N2CCNC(=O)C2)cc1)NCc1nc(C(F)(F)F)cs1.I. The molecule has 3 N–H and O–H groups in total. The summed E-state index contributed by atoms with van der Waals surface area (Å²) in [5.74, 6) is 0.511. The van der Waals surface area contributed by atoms with Crippen LogP contribution in [0.3, 0.4) is 0 Å². The quantitative estimate of drug-likeness (QED) is 0.284. The van der Waals surface area contributed by atoms with Crippen molar-refractivity contribution in [1.82, 2.24) is 20.9 Å². The summed E-state index contributed by atoms with van der Waals surface area (Å²) in [5, 5.41) is 10.2. The molecule has 3 rings (SSSR count). The second-order valence-electron chi connectivity index (χ2n) is 6.61. The maximum atomic E-state index is 12.7. The number of halogens is 4. The highest BCUT2D eigenvalue weighted by Crippen LogP contribution is 2.29. The van der Waals surface area contributed by atoms with Gasteiger partial charge in [-0.2, -0.15) is 13.2 Å². The number of amides is 1. The number of hydrogen-bond acceptors (Lipinski definition) is 5. The molecule has 1 saturated heterocycles. The summed E-state index contributed by atoms with van der Waals surface area (Å²) in [7, 11) is 0. The van der Waals surface area contributed by atoms with E-state index in [1.165, 1.54) is 0 Å². The molecule has 0 radical (unpaired) electrons. The Labute approximate surface area is 199 Å². The number of alkyl halides is 3. The summed E-state index contributed by atoms with van der Waals surface area (Å²) < 4.78 is 38.0. The molecule has 1 fully saturated rings. The number of carbonyl (C=O) groups is 1. The molecule has 1 amide bonds. The molecule has 12 heteroatoms. The molecule has 31 heavy (non-hydrogen) atoms. The first kappa shape index (κ1) is 25.2. The zero-order chi connectivity index (χ0) is 21.6. The molecule has 170 valence electrons. The zero-order valence-electron chi connectivity index (χ0n) is 16.8. The van der Waals surface area contributed by atoms with Crippen LogP contribution in [-0.4, -0.2) is 43.0 Å². The van der Waals surface area contributed by atoms with Gasteiger partial charge < -0.3 is 20.9 Å². The van der Waals surface area contributed by atoms with Gasteiger partial charge in [0.1, 0.15) is 5.01 Å². The van der Waals surface area contributed by atoms with Crippen LogP contribution in [0.5, 0.6) is 0 Å². The van der Waals surface area contributed by atoms with E-state index in [0.717, 1.165) is 34.5 Å². The van der Waals surface area contributed by atoms with Crippen molar-refractivity contribution in [2.24, 2.45) is 4.99 Å². The van der Waals surface area contributed by atoms with Crippen molar-refractivity contribution < 1.29 is 18.0 Å². The van der Waals surface area contributed by atoms with E-state index in [9.17, 15) is 18.0 Å². The summed E-state index contributed by atoms with van der Waals surface area (Å²) in [5.41, 5.74) is 1.08. The summed E-state index contributed by atoms with van der Waals surface area (Å²) in [6.07, 6.45) is -4.43. The van der Waals surface area contributed by atoms with E-state index in [1.54, 1.807) is 0 Å². The Bertz CT molecular complexity index is 888.